The number of hydrogen-bond acceptors (Lipinski definition) is 4. The van der Waals surface area contributed by atoms with Gasteiger partial charge in [0.15, 0.2) is 5.69 Å². The lowest BCUT2D eigenvalue weighted by molar-refractivity contribution is 0.102. The van der Waals surface area contributed by atoms with Crippen molar-refractivity contribution in [1.29, 1.82) is 0 Å². The zero-order chi connectivity index (χ0) is 13.4. The van der Waals surface area contributed by atoms with Crippen LogP contribution in [-0.4, -0.2) is 31.3 Å². The predicted octanol–water partition coefficient (Wildman–Crippen LogP) is 1.39. The molecule has 1 aliphatic rings. The monoisotopic (exact) mass is 260 g/mol. The minimum atomic E-state index is -0.256. The maximum absolute atomic E-state index is 12.1. The molecule has 1 aliphatic carbocycles. The average Bonchev–Trinajstić information content (AvgIpc) is 3.03. The number of aryl methyl sites for hydroxylation is 1. The molecule has 3 rings (SSSR count). The van der Waals surface area contributed by atoms with Crippen molar-refractivity contribution in [3.05, 3.63) is 22.8 Å². The quantitative estimate of drug-likeness (QED) is 0.776. The van der Waals surface area contributed by atoms with Gasteiger partial charge in [0.2, 0.25) is 5.95 Å². The van der Waals surface area contributed by atoms with E-state index in [2.05, 4.69) is 30.7 Å². The highest BCUT2D eigenvalue weighted by molar-refractivity contribution is 6.03. The molecule has 7 nitrogen and oxygen atoms in total. The Morgan fingerprint density at radius 1 is 1.26 bits per heavy atom. The first-order chi connectivity index (χ1) is 9.15. The second-order valence-corrected chi connectivity index (χ2v) is 5.04. The maximum atomic E-state index is 12.1. The molecular weight excluding hydrogens is 244 g/mol. The van der Waals surface area contributed by atoms with Crippen LogP contribution in [0.25, 0.3) is 0 Å². The van der Waals surface area contributed by atoms with Crippen LogP contribution in [0.15, 0.2) is 0 Å². The van der Waals surface area contributed by atoms with Gasteiger partial charge >= 0.3 is 0 Å². The van der Waals surface area contributed by atoms with E-state index in [4.69, 9.17) is 0 Å². The summed E-state index contributed by atoms with van der Waals surface area (Å²) in [5, 5.41) is 16.4. The van der Waals surface area contributed by atoms with Gasteiger partial charge in [0.1, 0.15) is 5.82 Å². The van der Waals surface area contributed by atoms with Gasteiger partial charge in [-0.2, -0.15) is 10.1 Å². The van der Waals surface area contributed by atoms with E-state index < -0.39 is 0 Å². The van der Waals surface area contributed by atoms with Gasteiger partial charge in [-0.25, -0.2) is 0 Å². The summed E-state index contributed by atoms with van der Waals surface area (Å²) in [5.41, 5.74) is 2.56. The third-order valence-corrected chi connectivity index (χ3v) is 3.30. The molecule has 0 spiro atoms. The second kappa shape index (κ2) is 4.49. The van der Waals surface area contributed by atoms with Gasteiger partial charge in [-0.15, -0.1) is 5.10 Å². The average molecular weight is 260 g/mol. The lowest BCUT2D eigenvalue weighted by atomic mass is 10.2. The largest absolute Gasteiger partial charge is 0.288 e. The number of anilines is 1. The molecule has 0 saturated carbocycles. The van der Waals surface area contributed by atoms with Gasteiger partial charge in [-0.1, -0.05) is 13.8 Å². The van der Waals surface area contributed by atoms with Gasteiger partial charge in [-0.3, -0.25) is 20.3 Å². The van der Waals surface area contributed by atoms with E-state index >= 15 is 0 Å². The molecule has 19 heavy (non-hydrogen) atoms. The Kier molecular flexibility index (Phi) is 2.81. The van der Waals surface area contributed by atoms with Gasteiger partial charge in [0.25, 0.3) is 5.91 Å². The molecule has 2 heterocycles. The molecule has 0 bridgehead atoms. The lowest BCUT2D eigenvalue weighted by Crippen LogP contribution is -2.15. The Labute approximate surface area is 110 Å². The fraction of sp³-hybridized carbons (Fsp3) is 0.500. The summed E-state index contributed by atoms with van der Waals surface area (Å²) < 4.78 is 0. The number of fused-ring (bicyclic) bond motifs is 1. The molecule has 0 aromatic carbocycles. The summed E-state index contributed by atoms with van der Waals surface area (Å²) in [7, 11) is 0. The number of aromatic nitrogens is 5. The molecule has 0 atom stereocenters. The van der Waals surface area contributed by atoms with Gasteiger partial charge in [0, 0.05) is 17.2 Å². The van der Waals surface area contributed by atoms with Crippen molar-refractivity contribution in [2.75, 3.05) is 5.32 Å². The van der Waals surface area contributed by atoms with Crippen LogP contribution in [0, 0.1) is 0 Å². The van der Waals surface area contributed by atoms with Crippen molar-refractivity contribution in [3.8, 4) is 0 Å². The molecule has 0 radical (unpaired) electrons. The molecule has 0 saturated heterocycles. The fourth-order valence-corrected chi connectivity index (χ4v) is 2.26. The van der Waals surface area contributed by atoms with E-state index in [0.717, 1.165) is 36.3 Å². The summed E-state index contributed by atoms with van der Waals surface area (Å²) >= 11 is 0. The van der Waals surface area contributed by atoms with E-state index in [-0.39, 0.29) is 11.8 Å². The lowest BCUT2D eigenvalue weighted by Gasteiger charge is -1.99. The highest BCUT2D eigenvalue weighted by Crippen LogP contribution is 2.23. The first-order valence-electron chi connectivity index (χ1n) is 6.45. The first kappa shape index (κ1) is 11.9. The number of carbonyl (C=O) groups excluding carboxylic acids is 1. The molecule has 0 aliphatic heterocycles. The van der Waals surface area contributed by atoms with Crippen LogP contribution in [-0.2, 0) is 12.8 Å². The van der Waals surface area contributed by atoms with Crippen molar-refractivity contribution in [2.24, 2.45) is 0 Å². The number of nitrogens with zero attached hydrogens (tertiary/aromatic N) is 3. The van der Waals surface area contributed by atoms with Crippen LogP contribution in [0.4, 0.5) is 5.95 Å². The zero-order valence-corrected chi connectivity index (χ0v) is 10.9. The summed E-state index contributed by atoms with van der Waals surface area (Å²) in [6.45, 7) is 4.01. The molecule has 0 fully saturated rings. The molecule has 1 amide bonds. The standard InChI is InChI=1S/C12H16N6O/c1-6(2)10-13-12(18-17-10)14-11(19)9-7-4-3-5-8(7)15-16-9/h6H,3-5H2,1-2H3,(H,15,16)(H2,13,14,17,18,19). The van der Waals surface area contributed by atoms with Crippen molar-refractivity contribution in [1.82, 2.24) is 25.4 Å². The summed E-state index contributed by atoms with van der Waals surface area (Å²) in [6.07, 6.45) is 2.94. The number of aromatic amines is 2. The molecule has 2 aromatic rings. The van der Waals surface area contributed by atoms with E-state index in [1.165, 1.54) is 0 Å². The molecule has 3 N–H and O–H groups in total. The highest BCUT2D eigenvalue weighted by Gasteiger charge is 2.23. The van der Waals surface area contributed by atoms with Crippen molar-refractivity contribution >= 4 is 11.9 Å². The zero-order valence-electron chi connectivity index (χ0n) is 10.9. The molecule has 2 aromatic heterocycles. The fourth-order valence-electron chi connectivity index (χ4n) is 2.26. The van der Waals surface area contributed by atoms with E-state index in [1.54, 1.807) is 0 Å². The Bertz CT molecular complexity index is 612. The Balaban J connectivity index is 1.77. The number of hydrogen-bond donors (Lipinski definition) is 3. The number of carbonyl (C=O) groups is 1. The van der Waals surface area contributed by atoms with Crippen molar-refractivity contribution < 1.29 is 4.79 Å². The number of H-pyrrole nitrogens is 2. The highest BCUT2D eigenvalue weighted by atomic mass is 16.2. The SMILES string of the molecule is CC(C)c1nc(NC(=O)c2n[nH]c3c2CCC3)n[nH]1. The van der Waals surface area contributed by atoms with Crippen molar-refractivity contribution in [2.45, 2.75) is 39.0 Å². The summed E-state index contributed by atoms with van der Waals surface area (Å²) in [5.74, 6) is 1.03. The van der Waals surface area contributed by atoms with Crippen LogP contribution >= 0.6 is 0 Å². The minimum Gasteiger partial charge on any atom is -0.288 e. The first-order valence-corrected chi connectivity index (χ1v) is 6.45. The van der Waals surface area contributed by atoms with Crippen molar-refractivity contribution in [3.63, 3.8) is 0 Å². The van der Waals surface area contributed by atoms with Crippen LogP contribution in [0.2, 0.25) is 0 Å². The van der Waals surface area contributed by atoms with Gasteiger partial charge in [-0.05, 0) is 19.3 Å². The topological polar surface area (TPSA) is 99.3 Å². The van der Waals surface area contributed by atoms with Gasteiger partial charge in [0.05, 0.1) is 0 Å². The molecule has 7 heteroatoms. The van der Waals surface area contributed by atoms with E-state index in [9.17, 15) is 4.79 Å². The van der Waals surface area contributed by atoms with E-state index in [1.807, 2.05) is 13.8 Å². The van der Waals surface area contributed by atoms with Crippen LogP contribution < -0.4 is 5.32 Å². The summed E-state index contributed by atoms with van der Waals surface area (Å²) in [6, 6.07) is 0. The number of rotatable bonds is 3. The minimum absolute atomic E-state index is 0.243. The maximum Gasteiger partial charge on any atom is 0.278 e. The van der Waals surface area contributed by atoms with Crippen LogP contribution in [0.3, 0.4) is 0 Å². The molecule has 0 unspecified atom stereocenters. The normalized spacial score (nSPS) is 13.8. The van der Waals surface area contributed by atoms with Crippen LogP contribution in [0.1, 0.15) is 53.8 Å². The van der Waals surface area contributed by atoms with Crippen LogP contribution in [0.5, 0.6) is 0 Å². The predicted molar refractivity (Wildman–Crippen MR) is 69.0 cm³/mol. The van der Waals surface area contributed by atoms with Gasteiger partial charge < -0.3 is 0 Å². The third kappa shape index (κ3) is 2.11. The second-order valence-electron chi connectivity index (χ2n) is 5.04. The van der Waals surface area contributed by atoms with E-state index in [0.29, 0.717) is 11.6 Å². The molecule has 100 valence electrons. The third-order valence-electron chi connectivity index (χ3n) is 3.30. The summed E-state index contributed by atoms with van der Waals surface area (Å²) in [4.78, 5) is 16.3. The number of amides is 1. The Hall–Kier alpha value is -2.18. The smallest absolute Gasteiger partial charge is 0.278 e. The number of nitrogens with one attached hydrogen (secondary N) is 3. The molecular formula is C12H16N6O. The Morgan fingerprint density at radius 3 is 2.84 bits per heavy atom. The Morgan fingerprint density at radius 2 is 2.11 bits per heavy atom.